The molecule has 96 valence electrons. The molecule has 0 aliphatic rings. The Bertz CT molecular complexity index is 875. The molecule has 0 saturated carbocycles. The first-order valence-electron chi connectivity index (χ1n) is 5.88. The van der Waals surface area contributed by atoms with Crippen molar-refractivity contribution in [1.82, 2.24) is 0 Å². The van der Waals surface area contributed by atoms with Crippen LogP contribution in [-0.4, -0.2) is 10.2 Å². The number of rotatable bonds is 0. The molecule has 4 nitrogen and oxygen atoms in total. The van der Waals surface area contributed by atoms with Gasteiger partial charge in [0, 0.05) is 5.56 Å². The molecule has 0 bridgehead atoms. The number of hydrogen-bond acceptors (Lipinski definition) is 4. The maximum atomic E-state index is 12.5. The molecule has 0 radical (unpaired) electrons. The molecule has 0 saturated heterocycles. The van der Waals surface area contributed by atoms with Gasteiger partial charge in [0.15, 0.2) is 0 Å². The van der Waals surface area contributed by atoms with Crippen LogP contribution in [0.4, 0.5) is 0 Å². The van der Waals surface area contributed by atoms with Gasteiger partial charge in [-0.15, -0.1) is 0 Å². The first-order chi connectivity index (χ1) is 9.00. The van der Waals surface area contributed by atoms with Crippen LogP contribution in [0.25, 0.3) is 21.9 Å². The van der Waals surface area contributed by atoms with Crippen LogP contribution in [0.1, 0.15) is 11.1 Å². The molecule has 2 N–H and O–H groups in total. The Kier molecular flexibility index (Phi) is 2.29. The Labute approximate surface area is 108 Å². The summed E-state index contributed by atoms with van der Waals surface area (Å²) in [4.78, 5) is 12.5. The van der Waals surface area contributed by atoms with Gasteiger partial charge in [0.2, 0.25) is 5.43 Å². The SMILES string of the molecule is Cc1cc2oc3cccc(O)c3c(=O)c2c(C)c1O. The third kappa shape index (κ3) is 1.50. The van der Waals surface area contributed by atoms with E-state index in [-0.39, 0.29) is 22.3 Å². The molecular weight excluding hydrogens is 244 g/mol. The molecule has 4 heteroatoms. The molecule has 0 aliphatic heterocycles. The Morgan fingerprint density at radius 3 is 2.53 bits per heavy atom. The summed E-state index contributed by atoms with van der Waals surface area (Å²) in [5, 5.41) is 20.2. The summed E-state index contributed by atoms with van der Waals surface area (Å²) >= 11 is 0. The number of aryl methyl sites for hydroxylation is 2. The normalized spacial score (nSPS) is 11.3. The maximum absolute atomic E-state index is 12.5. The Morgan fingerprint density at radius 2 is 1.79 bits per heavy atom. The number of benzene rings is 2. The summed E-state index contributed by atoms with van der Waals surface area (Å²) in [6, 6.07) is 6.32. The number of phenolic OH excluding ortho intramolecular Hbond substituents is 2. The quantitative estimate of drug-likeness (QED) is 0.606. The van der Waals surface area contributed by atoms with Crippen molar-refractivity contribution in [2.75, 3.05) is 0 Å². The Morgan fingerprint density at radius 1 is 1.05 bits per heavy atom. The molecule has 19 heavy (non-hydrogen) atoms. The van der Waals surface area contributed by atoms with Gasteiger partial charge >= 0.3 is 0 Å². The summed E-state index contributed by atoms with van der Waals surface area (Å²) in [5.74, 6) is -0.0396. The van der Waals surface area contributed by atoms with Crippen molar-refractivity contribution in [3.05, 3.63) is 45.6 Å². The minimum Gasteiger partial charge on any atom is -0.507 e. The highest BCUT2D eigenvalue weighted by Gasteiger charge is 2.16. The number of phenols is 2. The molecule has 1 heterocycles. The van der Waals surface area contributed by atoms with Crippen LogP contribution < -0.4 is 5.43 Å². The molecule has 0 amide bonds. The lowest BCUT2D eigenvalue weighted by Gasteiger charge is -2.08. The standard InChI is InChI=1S/C15H12O4/c1-7-6-11-12(8(2)14(7)17)15(18)13-9(16)4-3-5-10(13)19-11/h3-6,16-17H,1-2H3. The molecule has 0 atom stereocenters. The molecule has 3 aromatic rings. The van der Waals surface area contributed by atoms with Crippen molar-refractivity contribution in [3.63, 3.8) is 0 Å². The number of aromatic hydroxyl groups is 2. The van der Waals surface area contributed by atoms with E-state index in [0.717, 1.165) is 0 Å². The average molecular weight is 256 g/mol. The van der Waals surface area contributed by atoms with Crippen molar-refractivity contribution in [1.29, 1.82) is 0 Å². The first-order valence-corrected chi connectivity index (χ1v) is 5.88. The van der Waals surface area contributed by atoms with Gasteiger partial charge in [-0.1, -0.05) is 6.07 Å². The van der Waals surface area contributed by atoms with Gasteiger partial charge in [-0.05, 0) is 37.6 Å². The second-order valence-electron chi connectivity index (χ2n) is 4.62. The van der Waals surface area contributed by atoms with Crippen LogP contribution in [-0.2, 0) is 0 Å². The minimum absolute atomic E-state index is 0.0783. The Balaban J connectivity index is 2.67. The van der Waals surface area contributed by atoms with E-state index in [2.05, 4.69) is 0 Å². The zero-order valence-corrected chi connectivity index (χ0v) is 10.5. The van der Waals surface area contributed by atoms with Gasteiger partial charge in [0.1, 0.15) is 28.1 Å². The van der Waals surface area contributed by atoms with E-state index in [1.54, 1.807) is 32.0 Å². The van der Waals surface area contributed by atoms with E-state index >= 15 is 0 Å². The highest BCUT2D eigenvalue weighted by molar-refractivity contribution is 5.95. The lowest BCUT2D eigenvalue weighted by molar-refractivity contribution is 0.467. The molecule has 2 aromatic carbocycles. The highest BCUT2D eigenvalue weighted by Crippen LogP contribution is 2.31. The molecule has 0 unspecified atom stereocenters. The molecule has 1 aromatic heterocycles. The van der Waals surface area contributed by atoms with Gasteiger partial charge in [0.05, 0.1) is 5.39 Å². The van der Waals surface area contributed by atoms with Crippen LogP contribution in [0.5, 0.6) is 11.5 Å². The molecule has 0 spiro atoms. The van der Waals surface area contributed by atoms with E-state index in [1.807, 2.05) is 0 Å². The third-order valence-electron chi connectivity index (χ3n) is 3.38. The topological polar surface area (TPSA) is 70.7 Å². The highest BCUT2D eigenvalue weighted by atomic mass is 16.3. The second kappa shape index (κ2) is 3.75. The van der Waals surface area contributed by atoms with E-state index in [1.165, 1.54) is 6.07 Å². The van der Waals surface area contributed by atoms with Gasteiger partial charge in [-0.25, -0.2) is 0 Å². The largest absolute Gasteiger partial charge is 0.507 e. The molecule has 3 rings (SSSR count). The Hall–Kier alpha value is -2.49. The van der Waals surface area contributed by atoms with Crippen molar-refractivity contribution in [2.45, 2.75) is 13.8 Å². The predicted molar refractivity (Wildman–Crippen MR) is 72.8 cm³/mol. The molecular formula is C15H12O4. The van der Waals surface area contributed by atoms with Gasteiger partial charge in [-0.2, -0.15) is 0 Å². The molecule has 0 fully saturated rings. The third-order valence-corrected chi connectivity index (χ3v) is 3.38. The van der Waals surface area contributed by atoms with E-state index < -0.39 is 0 Å². The van der Waals surface area contributed by atoms with Crippen LogP contribution in [0.15, 0.2) is 33.5 Å². The van der Waals surface area contributed by atoms with Gasteiger partial charge in [-0.3, -0.25) is 4.79 Å². The summed E-state index contributed by atoms with van der Waals surface area (Å²) < 4.78 is 5.65. The summed E-state index contributed by atoms with van der Waals surface area (Å²) in [7, 11) is 0. The van der Waals surface area contributed by atoms with Crippen molar-refractivity contribution in [3.8, 4) is 11.5 Å². The fourth-order valence-corrected chi connectivity index (χ4v) is 2.38. The maximum Gasteiger partial charge on any atom is 0.204 e. The summed E-state index contributed by atoms with van der Waals surface area (Å²) in [6.45, 7) is 3.40. The fourth-order valence-electron chi connectivity index (χ4n) is 2.38. The smallest absolute Gasteiger partial charge is 0.204 e. The lowest BCUT2D eigenvalue weighted by Crippen LogP contribution is -2.04. The van der Waals surface area contributed by atoms with Crippen LogP contribution >= 0.6 is 0 Å². The minimum atomic E-state index is -0.331. The van der Waals surface area contributed by atoms with Crippen molar-refractivity contribution >= 4 is 21.9 Å². The zero-order chi connectivity index (χ0) is 13.7. The number of hydrogen-bond donors (Lipinski definition) is 2. The average Bonchev–Trinajstić information content (AvgIpc) is 2.35. The van der Waals surface area contributed by atoms with Gasteiger partial charge in [0.25, 0.3) is 0 Å². The first kappa shape index (κ1) is 11.6. The molecule has 0 aliphatic carbocycles. The van der Waals surface area contributed by atoms with Crippen molar-refractivity contribution < 1.29 is 14.6 Å². The van der Waals surface area contributed by atoms with E-state index in [4.69, 9.17) is 4.42 Å². The predicted octanol–water partition coefficient (Wildman–Crippen LogP) is 2.97. The second-order valence-corrected chi connectivity index (χ2v) is 4.62. The van der Waals surface area contributed by atoms with Crippen LogP contribution in [0.3, 0.4) is 0 Å². The summed E-state index contributed by atoms with van der Waals surface area (Å²) in [6.07, 6.45) is 0. The van der Waals surface area contributed by atoms with E-state index in [0.29, 0.717) is 27.7 Å². The summed E-state index contributed by atoms with van der Waals surface area (Å²) in [5.41, 5.74) is 1.53. The van der Waals surface area contributed by atoms with Crippen molar-refractivity contribution in [2.24, 2.45) is 0 Å². The van der Waals surface area contributed by atoms with E-state index in [9.17, 15) is 15.0 Å². The fraction of sp³-hybridized carbons (Fsp3) is 0.133. The monoisotopic (exact) mass is 256 g/mol. The zero-order valence-electron chi connectivity index (χ0n) is 10.5. The van der Waals surface area contributed by atoms with Crippen LogP contribution in [0.2, 0.25) is 0 Å². The number of fused-ring (bicyclic) bond motifs is 2. The van der Waals surface area contributed by atoms with Crippen LogP contribution in [0, 0.1) is 13.8 Å². The van der Waals surface area contributed by atoms with Gasteiger partial charge < -0.3 is 14.6 Å². The lowest BCUT2D eigenvalue weighted by atomic mass is 10.0.